The van der Waals surface area contributed by atoms with Gasteiger partial charge in [-0.1, -0.05) is 47.0 Å². The summed E-state index contributed by atoms with van der Waals surface area (Å²) in [5, 5.41) is 9.51. The first kappa shape index (κ1) is 17.5. The molecule has 1 fully saturated rings. The van der Waals surface area contributed by atoms with Crippen molar-refractivity contribution in [2.24, 2.45) is 17.8 Å². The molecular formula is C18H34N2. The minimum atomic E-state index is 0.261. The van der Waals surface area contributed by atoms with E-state index in [4.69, 9.17) is 0 Å². The summed E-state index contributed by atoms with van der Waals surface area (Å²) in [4.78, 5) is 2.65. The first-order valence-electron chi connectivity index (χ1n) is 8.68. The number of rotatable bonds is 7. The van der Waals surface area contributed by atoms with E-state index in [9.17, 15) is 5.26 Å². The number of hydrogen-bond acceptors (Lipinski definition) is 2. The van der Waals surface area contributed by atoms with Gasteiger partial charge in [0.25, 0.3) is 0 Å². The van der Waals surface area contributed by atoms with Crippen LogP contribution in [0.2, 0.25) is 0 Å². The lowest BCUT2D eigenvalue weighted by atomic mass is 9.93. The van der Waals surface area contributed by atoms with Crippen molar-refractivity contribution in [2.45, 2.75) is 78.7 Å². The molecule has 1 saturated carbocycles. The Balaban J connectivity index is 2.68. The first-order chi connectivity index (χ1) is 9.54. The van der Waals surface area contributed by atoms with Crippen LogP contribution in [0.25, 0.3) is 0 Å². The summed E-state index contributed by atoms with van der Waals surface area (Å²) in [6.45, 7) is 11.6. The minimum Gasteiger partial charge on any atom is -0.299 e. The van der Waals surface area contributed by atoms with E-state index < -0.39 is 0 Å². The van der Waals surface area contributed by atoms with E-state index in [1.807, 2.05) is 0 Å². The lowest BCUT2D eigenvalue weighted by molar-refractivity contribution is 0.139. The molecule has 2 nitrogen and oxygen atoms in total. The average molecular weight is 278 g/mol. The van der Waals surface area contributed by atoms with Crippen LogP contribution in [-0.2, 0) is 0 Å². The van der Waals surface area contributed by atoms with E-state index in [1.54, 1.807) is 0 Å². The molecule has 0 radical (unpaired) electrons. The SMILES string of the molecule is CC(C)CCN(CCC(C)C)C1CCCCCC1C#N. The summed E-state index contributed by atoms with van der Waals surface area (Å²) in [7, 11) is 0. The molecule has 0 saturated heterocycles. The molecule has 2 atom stereocenters. The lowest BCUT2D eigenvalue weighted by Crippen LogP contribution is -2.41. The van der Waals surface area contributed by atoms with Crippen LogP contribution in [0, 0.1) is 29.1 Å². The van der Waals surface area contributed by atoms with Crippen LogP contribution in [0.5, 0.6) is 0 Å². The maximum absolute atomic E-state index is 9.51. The molecule has 0 aromatic carbocycles. The van der Waals surface area contributed by atoms with Crippen molar-refractivity contribution in [3.63, 3.8) is 0 Å². The van der Waals surface area contributed by atoms with Gasteiger partial charge < -0.3 is 0 Å². The third-order valence-corrected chi connectivity index (χ3v) is 4.60. The molecule has 1 aliphatic rings. The molecule has 0 aliphatic heterocycles. The van der Waals surface area contributed by atoms with E-state index in [-0.39, 0.29) is 5.92 Å². The van der Waals surface area contributed by atoms with Crippen molar-refractivity contribution in [1.82, 2.24) is 4.90 Å². The van der Waals surface area contributed by atoms with Crippen molar-refractivity contribution in [2.75, 3.05) is 13.1 Å². The van der Waals surface area contributed by atoms with Crippen molar-refractivity contribution in [1.29, 1.82) is 5.26 Å². The largest absolute Gasteiger partial charge is 0.299 e. The van der Waals surface area contributed by atoms with Crippen LogP contribution < -0.4 is 0 Å². The molecule has 116 valence electrons. The minimum absolute atomic E-state index is 0.261. The van der Waals surface area contributed by atoms with Crippen molar-refractivity contribution >= 4 is 0 Å². The third kappa shape index (κ3) is 6.27. The standard InChI is InChI=1S/C18H34N2/c1-15(2)10-12-20(13-11-16(3)4)18-9-7-5-6-8-17(18)14-19/h15-18H,5-13H2,1-4H3. The average Bonchev–Trinajstić information content (AvgIpc) is 2.63. The topological polar surface area (TPSA) is 27.0 Å². The Labute approximate surface area is 126 Å². The van der Waals surface area contributed by atoms with Crippen LogP contribution in [0.1, 0.15) is 72.6 Å². The summed E-state index contributed by atoms with van der Waals surface area (Å²) in [5.41, 5.74) is 0. The number of hydrogen-bond donors (Lipinski definition) is 0. The molecule has 1 rings (SSSR count). The van der Waals surface area contributed by atoms with Crippen LogP contribution in [0.3, 0.4) is 0 Å². The molecule has 0 aromatic heterocycles. The summed E-state index contributed by atoms with van der Waals surface area (Å²) >= 11 is 0. The van der Waals surface area contributed by atoms with Crippen molar-refractivity contribution in [3.8, 4) is 6.07 Å². The Morgan fingerprint density at radius 3 is 2.00 bits per heavy atom. The quantitative estimate of drug-likeness (QED) is 0.622. The molecule has 0 amide bonds. The second-order valence-corrected chi connectivity index (χ2v) is 7.34. The highest BCUT2D eigenvalue weighted by atomic mass is 15.2. The summed E-state index contributed by atoms with van der Waals surface area (Å²) < 4.78 is 0. The van der Waals surface area contributed by atoms with E-state index >= 15 is 0 Å². The number of nitriles is 1. The fourth-order valence-electron chi connectivity index (χ4n) is 3.17. The molecule has 0 spiro atoms. The summed E-state index contributed by atoms with van der Waals surface area (Å²) in [5.74, 6) is 1.77. The van der Waals surface area contributed by atoms with Gasteiger partial charge in [-0.15, -0.1) is 0 Å². The Morgan fingerprint density at radius 2 is 1.50 bits per heavy atom. The zero-order chi connectivity index (χ0) is 15.0. The van der Waals surface area contributed by atoms with Crippen molar-refractivity contribution in [3.05, 3.63) is 0 Å². The molecule has 2 heteroatoms. The van der Waals surface area contributed by atoms with E-state index in [1.165, 1.54) is 51.6 Å². The molecule has 1 aliphatic carbocycles. The fraction of sp³-hybridized carbons (Fsp3) is 0.944. The molecule has 0 aromatic rings. The molecule has 0 bridgehead atoms. The van der Waals surface area contributed by atoms with Gasteiger partial charge in [0, 0.05) is 6.04 Å². The van der Waals surface area contributed by atoms with Gasteiger partial charge in [0.1, 0.15) is 0 Å². The zero-order valence-corrected chi connectivity index (χ0v) is 14.1. The van der Waals surface area contributed by atoms with Gasteiger partial charge in [-0.25, -0.2) is 0 Å². The first-order valence-corrected chi connectivity index (χ1v) is 8.68. The van der Waals surface area contributed by atoms with E-state index in [0.29, 0.717) is 6.04 Å². The zero-order valence-electron chi connectivity index (χ0n) is 14.1. The van der Waals surface area contributed by atoms with Gasteiger partial charge in [-0.3, -0.25) is 4.90 Å². The smallest absolute Gasteiger partial charge is 0.0672 e. The van der Waals surface area contributed by atoms with Crippen molar-refractivity contribution < 1.29 is 0 Å². The maximum atomic E-state index is 9.51. The van der Waals surface area contributed by atoms with Crippen LogP contribution in [0.15, 0.2) is 0 Å². The second kappa shape index (κ2) is 9.40. The molecule has 20 heavy (non-hydrogen) atoms. The summed E-state index contributed by atoms with van der Waals surface area (Å²) in [6, 6.07) is 3.12. The predicted octanol–water partition coefficient (Wildman–Crippen LogP) is 4.85. The van der Waals surface area contributed by atoms with Gasteiger partial charge in [-0.2, -0.15) is 5.26 Å². The van der Waals surface area contributed by atoms with Crippen LogP contribution in [0.4, 0.5) is 0 Å². The maximum Gasteiger partial charge on any atom is 0.0672 e. The van der Waals surface area contributed by atoms with E-state index in [2.05, 4.69) is 38.7 Å². The second-order valence-electron chi connectivity index (χ2n) is 7.34. The van der Waals surface area contributed by atoms with Gasteiger partial charge in [0.05, 0.1) is 12.0 Å². The Morgan fingerprint density at radius 1 is 0.950 bits per heavy atom. The van der Waals surface area contributed by atoms with Gasteiger partial charge in [-0.05, 0) is 50.6 Å². The molecule has 2 unspecified atom stereocenters. The Bertz CT molecular complexity index is 278. The third-order valence-electron chi connectivity index (χ3n) is 4.60. The summed E-state index contributed by atoms with van der Waals surface area (Å²) in [6.07, 6.45) is 8.73. The highest BCUT2D eigenvalue weighted by molar-refractivity contribution is 4.94. The molecular weight excluding hydrogens is 244 g/mol. The monoisotopic (exact) mass is 278 g/mol. The van der Waals surface area contributed by atoms with Crippen LogP contribution in [-0.4, -0.2) is 24.0 Å². The number of nitrogens with zero attached hydrogens (tertiary/aromatic N) is 2. The highest BCUT2D eigenvalue weighted by Gasteiger charge is 2.28. The normalized spacial score (nSPS) is 24.1. The van der Waals surface area contributed by atoms with Crippen LogP contribution >= 0.6 is 0 Å². The van der Waals surface area contributed by atoms with E-state index in [0.717, 1.165) is 18.3 Å². The van der Waals surface area contributed by atoms with Gasteiger partial charge in [0.2, 0.25) is 0 Å². The lowest BCUT2D eigenvalue weighted by Gasteiger charge is -2.34. The highest BCUT2D eigenvalue weighted by Crippen LogP contribution is 2.28. The molecule has 0 N–H and O–H groups in total. The molecule has 0 heterocycles. The van der Waals surface area contributed by atoms with Gasteiger partial charge in [0.15, 0.2) is 0 Å². The van der Waals surface area contributed by atoms with Gasteiger partial charge >= 0.3 is 0 Å². The predicted molar refractivity (Wildman–Crippen MR) is 86.5 cm³/mol. The Kier molecular flexibility index (Phi) is 8.22. The fourth-order valence-corrected chi connectivity index (χ4v) is 3.17. The Hall–Kier alpha value is -0.550.